The summed E-state index contributed by atoms with van der Waals surface area (Å²) in [6.07, 6.45) is 23.8. The van der Waals surface area contributed by atoms with E-state index in [0.717, 1.165) is 18.4 Å². The average Bonchev–Trinajstić information content (AvgIpc) is 3.87. The zero-order valence-electron chi connectivity index (χ0n) is 29.4. The van der Waals surface area contributed by atoms with Crippen molar-refractivity contribution >= 4 is 39.8 Å². The topological polar surface area (TPSA) is 37.6 Å². The van der Waals surface area contributed by atoms with Crippen LogP contribution in [0.3, 0.4) is 0 Å². The summed E-state index contributed by atoms with van der Waals surface area (Å²) < 4.78 is 17.2. The maximum Gasteiger partial charge on any atom is 0.0844 e. The van der Waals surface area contributed by atoms with E-state index in [1.54, 1.807) is 15.6 Å². The lowest BCUT2D eigenvalue weighted by atomic mass is 9.87. The van der Waals surface area contributed by atoms with Crippen LogP contribution in [0.4, 0.5) is 0 Å². The molecule has 44 heavy (non-hydrogen) atoms. The molecule has 7 unspecified atom stereocenters. The molecule has 5 fully saturated rings. The summed E-state index contributed by atoms with van der Waals surface area (Å²) in [4.78, 5) is 0. The molecule has 0 radical (unpaired) electrons. The largest absolute Gasteiger partial charge is 0.373 e. The van der Waals surface area contributed by atoms with Gasteiger partial charge in [0.05, 0.1) is 61.3 Å². The standard InChI is InChI=1S/C38H66O3Si3/c1-42(2,20-12-10-8-7-9-11-13-31-28-39-31)32-25-33(43(3,4)21-18-29-14-16-35-37(23-29)40-35)27-34(26-32)44(5,6)22-19-30-15-17-36-38(24-30)41-36/h25-27,29-31,35-38H,7-24,28H2,1-6H3. The second-order valence-electron chi connectivity index (χ2n) is 17.9. The summed E-state index contributed by atoms with van der Waals surface area (Å²) in [6, 6.07) is 12.7. The molecule has 0 aromatic heterocycles. The van der Waals surface area contributed by atoms with Crippen LogP contribution in [-0.2, 0) is 14.2 Å². The molecule has 5 aliphatic rings. The number of hydrogen-bond acceptors (Lipinski definition) is 3. The molecule has 0 bridgehead atoms. The number of epoxide rings is 3. The van der Waals surface area contributed by atoms with E-state index in [1.807, 2.05) is 0 Å². The second-order valence-corrected chi connectivity index (χ2v) is 32.5. The molecule has 248 valence electrons. The third-order valence-corrected chi connectivity index (χ3v) is 23.1. The lowest BCUT2D eigenvalue weighted by molar-refractivity contribution is 0.357. The van der Waals surface area contributed by atoms with E-state index in [4.69, 9.17) is 14.2 Å². The van der Waals surface area contributed by atoms with Gasteiger partial charge in [0.2, 0.25) is 0 Å². The summed E-state index contributed by atoms with van der Waals surface area (Å²) in [6.45, 7) is 17.2. The lowest BCUT2D eigenvalue weighted by Gasteiger charge is -2.33. The minimum atomic E-state index is -1.53. The van der Waals surface area contributed by atoms with Crippen molar-refractivity contribution in [2.24, 2.45) is 11.8 Å². The van der Waals surface area contributed by atoms with Gasteiger partial charge in [-0.3, -0.25) is 0 Å². The highest BCUT2D eigenvalue weighted by Gasteiger charge is 2.45. The molecule has 0 amide bonds. The molecule has 6 rings (SSSR count). The predicted molar refractivity (Wildman–Crippen MR) is 196 cm³/mol. The van der Waals surface area contributed by atoms with Crippen LogP contribution in [-0.4, -0.2) is 61.3 Å². The highest BCUT2D eigenvalue weighted by atomic mass is 28.3. The third kappa shape index (κ3) is 9.21. The fraction of sp³-hybridized carbons (Fsp3) is 0.842. The molecule has 6 heteroatoms. The van der Waals surface area contributed by atoms with Crippen molar-refractivity contribution in [3.63, 3.8) is 0 Å². The Morgan fingerprint density at radius 1 is 0.523 bits per heavy atom. The maximum atomic E-state index is 5.89. The molecule has 1 aromatic carbocycles. The summed E-state index contributed by atoms with van der Waals surface area (Å²) in [5.41, 5.74) is 0. The highest BCUT2D eigenvalue weighted by molar-refractivity contribution is 6.95. The van der Waals surface area contributed by atoms with Gasteiger partial charge < -0.3 is 14.2 Å². The molecular weight excluding hydrogens is 589 g/mol. The van der Waals surface area contributed by atoms with Gasteiger partial charge in [-0.1, -0.05) is 143 Å². The zero-order chi connectivity index (χ0) is 31.0. The first-order valence-electron chi connectivity index (χ1n) is 19.1. The van der Waals surface area contributed by atoms with Crippen LogP contribution >= 0.6 is 0 Å². The van der Waals surface area contributed by atoms with Crippen molar-refractivity contribution in [2.75, 3.05) is 6.61 Å². The molecular formula is C38H66O3Si3. The minimum absolute atomic E-state index is 0.614. The van der Waals surface area contributed by atoms with Crippen LogP contribution in [0, 0.1) is 11.8 Å². The van der Waals surface area contributed by atoms with Gasteiger partial charge in [-0.25, -0.2) is 0 Å². The summed E-state index contributed by atoms with van der Waals surface area (Å²) in [7, 11) is -4.57. The first-order valence-corrected chi connectivity index (χ1v) is 28.7. The van der Waals surface area contributed by atoms with Crippen molar-refractivity contribution in [1.29, 1.82) is 0 Å². The maximum absolute atomic E-state index is 5.89. The fourth-order valence-electron chi connectivity index (χ4n) is 8.74. The van der Waals surface area contributed by atoms with Crippen molar-refractivity contribution < 1.29 is 14.2 Å². The highest BCUT2D eigenvalue weighted by Crippen LogP contribution is 2.42. The van der Waals surface area contributed by atoms with E-state index in [0.29, 0.717) is 30.5 Å². The van der Waals surface area contributed by atoms with E-state index in [2.05, 4.69) is 57.5 Å². The second kappa shape index (κ2) is 14.1. The number of hydrogen-bond donors (Lipinski definition) is 0. The monoisotopic (exact) mass is 654 g/mol. The van der Waals surface area contributed by atoms with E-state index >= 15 is 0 Å². The van der Waals surface area contributed by atoms with Gasteiger partial charge >= 0.3 is 0 Å². The quantitative estimate of drug-likeness (QED) is 0.0905. The van der Waals surface area contributed by atoms with Crippen LogP contribution in [0.15, 0.2) is 18.2 Å². The van der Waals surface area contributed by atoms with E-state index in [1.165, 1.54) is 114 Å². The number of benzene rings is 1. The smallest absolute Gasteiger partial charge is 0.0844 e. The predicted octanol–water partition coefficient (Wildman–Crippen LogP) is 8.48. The Bertz CT molecular complexity index is 1040. The van der Waals surface area contributed by atoms with E-state index in [-0.39, 0.29) is 0 Å². The molecule has 7 atom stereocenters. The summed E-state index contributed by atoms with van der Waals surface area (Å²) in [5.74, 6) is 1.80. The first kappa shape index (κ1) is 33.6. The SMILES string of the molecule is C[Si](C)(CCCCCCCCC1CO1)c1cc([Si](C)(C)CCC2CCC3OC3C2)cc([Si](C)(C)CCC2CCC3OC3C2)c1. The summed E-state index contributed by atoms with van der Waals surface area (Å²) in [5, 5.41) is 5.36. The zero-order valence-corrected chi connectivity index (χ0v) is 32.4. The minimum Gasteiger partial charge on any atom is -0.373 e. The molecule has 3 aliphatic heterocycles. The van der Waals surface area contributed by atoms with Gasteiger partial charge in [-0.05, 0) is 56.8 Å². The molecule has 1 aromatic rings. The van der Waals surface area contributed by atoms with Gasteiger partial charge in [0, 0.05) is 0 Å². The Hall–Kier alpha value is -0.249. The van der Waals surface area contributed by atoms with Crippen molar-refractivity contribution in [1.82, 2.24) is 0 Å². The summed E-state index contributed by atoms with van der Waals surface area (Å²) >= 11 is 0. The Morgan fingerprint density at radius 3 is 1.41 bits per heavy atom. The molecule has 3 heterocycles. The van der Waals surface area contributed by atoms with E-state index < -0.39 is 24.2 Å². The van der Waals surface area contributed by atoms with Crippen molar-refractivity contribution in [3.8, 4) is 0 Å². The number of unbranched alkanes of at least 4 members (excludes halogenated alkanes) is 5. The van der Waals surface area contributed by atoms with Gasteiger partial charge in [0.15, 0.2) is 0 Å². The number of rotatable bonds is 18. The van der Waals surface area contributed by atoms with Crippen molar-refractivity contribution in [2.45, 2.75) is 184 Å². The molecule has 2 saturated carbocycles. The Morgan fingerprint density at radius 2 is 0.955 bits per heavy atom. The molecule has 3 saturated heterocycles. The number of ether oxygens (including phenoxy) is 3. The molecule has 0 N–H and O–H groups in total. The van der Waals surface area contributed by atoms with Gasteiger partial charge in [0.25, 0.3) is 0 Å². The molecule has 2 aliphatic carbocycles. The lowest BCUT2D eigenvalue weighted by Crippen LogP contribution is -2.54. The van der Waals surface area contributed by atoms with Crippen LogP contribution < -0.4 is 15.6 Å². The number of fused-ring (bicyclic) bond motifs is 2. The van der Waals surface area contributed by atoms with E-state index in [9.17, 15) is 0 Å². The first-order chi connectivity index (χ1) is 21.0. The van der Waals surface area contributed by atoms with Gasteiger partial charge in [-0.15, -0.1) is 0 Å². The van der Waals surface area contributed by atoms with Crippen LogP contribution in [0.2, 0.25) is 57.4 Å². The molecule has 3 nitrogen and oxygen atoms in total. The Kier molecular flexibility index (Phi) is 10.8. The Labute approximate surface area is 274 Å². The van der Waals surface area contributed by atoms with Gasteiger partial charge in [-0.2, -0.15) is 0 Å². The van der Waals surface area contributed by atoms with Gasteiger partial charge in [0.1, 0.15) is 0 Å². The third-order valence-electron chi connectivity index (χ3n) is 12.8. The normalized spacial score (nSPS) is 31.4. The average molecular weight is 655 g/mol. The fourth-order valence-corrected chi connectivity index (χ4v) is 16.7. The van der Waals surface area contributed by atoms with Crippen molar-refractivity contribution in [3.05, 3.63) is 18.2 Å². The van der Waals surface area contributed by atoms with Crippen LogP contribution in [0.25, 0.3) is 0 Å². The molecule has 0 spiro atoms. The van der Waals surface area contributed by atoms with Crippen LogP contribution in [0.1, 0.15) is 96.3 Å². The Balaban J connectivity index is 1.10. The van der Waals surface area contributed by atoms with Crippen LogP contribution in [0.5, 0.6) is 0 Å².